The van der Waals surface area contributed by atoms with E-state index >= 15 is 0 Å². The number of benzene rings is 1. The highest BCUT2D eigenvalue weighted by molar-refractivity contribution is 7.92. The van der Waals surface area contributed by atoms with Crippen molar-refractivity contribution in [1.82, 2.24) is 0 Å². The molecular weight excluding hydrogens is 231 g/mol. The molecule has 0 radical (unpaired) electrons. The molecule has 2 N–H and O–H groups in total. The number of halogens is 1. The molecule has 0 amide bonds. The first kappa shape index (κ1) is 12.8. The first-order valence-corrected chi connectivity index (χ1v) is 6.82. The highest BCUT2D eigenvalue weighted by atomic mass is 32.2. The lowest BCUT2D eigenvalue weighted by molar-refractivity contribution is 0.604. The van der Waals surface area contributed by atoms with E-state index in [9.17, 15) is 12.8 Å². The van der Waals surface area contributed by atoms with Crippen LogP contribution in [0.25, 0.3) is 0 Å². The lowest BCUT2D eigenvalue weighted by atomic mass is 10.2. The van der Waals surface area contributed by atoms with E-state index in [1.54, 1.807) is 6.07 Å². The molecule has 0 aromatic heterocycles. The van der Waals surface area contributed by atoms with Crippen molar-refractivity contribution in [3.63, 3.8) is 0 Å². The van der Waals surface area contributed by atoms with Gasteiger partial charge in [-0.25, -0.2) is 12.8 Å². The van der Waals surface area contributed by atoms with Gasteiger partial charge in [-0.3, -0.25) is 4.72 Å². The molecule has 0 saturated heterocycles. The van der Waals surface area contributed by atoms with Gasteiger partial charge in [-0.1, -0.05) is 6.92 Å². The molecule has 0 spiro atoms. The van der Waals surface area contributed by atoms with E-state index in [2.05, 4.69) is 10.0 Å². The van der Waals surface area contributed by atoms with Crippen molar-refractivity contribution in [2.24, 2.45) is 0 Å². The zero-order chi connectivity index (χ0) is 12.2. The Balaban J connectivity index is 2.90. The molecule has 1 aromatic rings. The summed E-state index contributed by atoms with van der Waals surface area (Å²) in [6.45, 7) is 2.76. The van der Waals surface area contributed by atoms with Crippen molar-refractivity contribution in [2.75, 3.05) is 22.8 Å². The second-order valence-electron chi connectivity index (χ2n) is 3.50. The van der Waals surface area contributed by atoms with Crippen molar-refractivity contribution in [3.8, 4) is 0 Å². The molecule has 0 saturated carbocycles. The molecule has 1 rings (SSSR count). The van der Waals surface area contributed by atoms with Crippen LogP contribution in [0.4, 0.5) is 15.8 Å². The minimum Gasteiger partial charge on any atom is -0.385 e. The van der Waals surface area contributed by atoms with Crippen LogP contribution in [0.15, 0.2) is 18.2 Å². The SMILES string of the molecule is CCCNc1ccc(F)c(NS(C)(=O)=O)c1. The van der Waals surface area contributed by atoms with E-state index in [0.717, 1.165) is 19.2 Å². The number of hydrogen-bond acceptors (Lipinski definition) is 3. The van der Waals surface area contributed by atoms with Crippen molar-refractivity contribution in [2.45, 2.75) is 13.3 Å². The Morgan fingerprint density at radius 1 is 1.38 bits per heavy atom. The highest BCUT2D eigenvalue weighted by Crippen LogP contribution is 2.20. The quantitative estimate of drug-likeness (QED) is 0.835. The van der Waals surface area contributed by atoms with Crippen LogP contribution in [0.2, 0.25) is 0 Å². The van der Waals surface area contributed by atoms with Crippen LogP contribution >= 0.6 is 0 Å². The molecule has 16 heavy (non-hydrogen) atoms. The van der Waals surface area contributed by atoms with Gasteiger partial charge in [-0.2, -0.15) is 0 Å². The van der Waals surface area contributed by atoms with Gasteiger partial charge in [-0.05, 0) is 24.6 Å². The van der Waals surface area contributed by atoms with E-state index in [1.807, 2.05) is 6.92 Å². The second-order valence-corrected chi connectivity index (χ2v) is 5.24. The minimum absolute atomic E-state index is 0.0383. The molecule has 0 unspecified atom stereocenters. The zero-order valence-electron chi connectivity index (χ0n) is 9.25. The minimum atomic E-state index is -3.45. The van der Waals surface area contributed by atoms with Crippen LogP contribution in [0.1, 0.15) is 13.3 Å². The van der Waals surface area contributed by atoms with Crippen LogP contribution in [-0.2, 0) is 10.0 Å². The fourth-order valence-corrected chi connectivity index (χ4v) is 1.74. The van der Waals surface area contributed by atoms with Crippen molar-refractivity contribution >= 4 is 21.4 Å². The monoisotopic (exact) mass is 246 g/mol. The van der Waals surface area contributed by atoms with Crippen LogP contribution < -0.4 is 10.0 Å². The van der Waals surface area contributed by atoms with E-state index in [-0.39, 0.29) is 5.69 Å². The Hall–Kier alpha value is -1.30. The summed E-state index contributed by atoms with van der Waals surface area (Å²) in [5, 5.41) is 3.05. The maximum absolute atomic E-state index is 13.3. The summed E-state index contributed by atoms with van der Waals surface area (Å²) in [5.41, 5.74) is 0.651. The summed E-state index contributed by atoms with van der Waals surface area (Å²) in [7, 11) is -3.45. The molecule has 0 fully saturated rings. The van der Waals surface area contributed by atoms with Gasteiger partial charge < -0.3 is 5.32 Å². The Morgan fingerprint density at radius 3 is 2.62 bits per heavy atom. The van der Waals surface area contributed by atoms with E-state index < -0.39 is 15.8 Å². The number of sulfonamides is 1. The molecule has 1 aromatic carbocycles. The smallest absolute Gasteiger partial charge is 0.229 e. The maximum Gasteiger partial charge on any atom is 0.229 e. The maximum atomic E-state index is 13.3. The lowest BCUT2D eigenvalue weighted by Gasteiger charge is -2.09. The van der Waals surface area contributed by atoms with Gasteiger partial charge in [0.15, 0.2) is 0 Å². The number of anilines is 2. The normalized spacial score (nSPS) is 11.2. The predicted octanol–water partition coefficient (Wildman–Crippen LogP) is 2.02. The van der Waals surface area contributed by atoms with Crippen LogP contribution in [0.5, 0.6) is 0 Å². The average molecular weight is 246 g/mol. The Kier molecular flexibility index (Phi) is 4.12. The summed E-state index contributed by atoms with van der Waals surface area (Å²) in [6, 6.07) is 4.23. The fraction of sp³-hybridized carbons (Fsp3) is 0.400. The van der Waals surface area contributed by atoms with Crippen LogP contribution in [0, 0.1) is 5.82 Å². The number of hydrogen-bond donors (Lipinski definition) is 2. The van der Waals surface area contributed by atoms with Gasteiger partial charge in [0, 0.05) is 12.2 Å². The average Bonchev–Trinajstić information content (AvgIpc) is 2.17. The molecule has 90 valence electrons. The molecule has 0 aliphatic rings. The molecule has 0 heterocycles. The van der Waals surface area contributed by atoms with Crippen molar-refractivity contribution in [1.29, 1.82) is 0 Å². The largest absolute Gasteiger partial charge is 0.385 e. The van der Waals surface area contributed by atoms with Gasteiger partial charge in [-0.15, -0.1) is 0 Å². The van der Waals surface area contributed by atoms with E-state index in [1.165, 1.54) is 12.1 Å². The topological polar surface area (TPSA) is 58.2 Å². The van der Waals surface area contributed by atoms with E-state index in [4.69, 9.17) is 0 Å². The fourth-order valence-electron chi connectivity index (χ4n) is 1.18. The van der Waals surface area contributed by atoms with Crippen LogP contribution in [0.3, 0.4) is 0 Å². The first-order valence-electron chi connectivity index (χ1n) is 4.93. The molecule has 4 nitrogen and oxygen atoms in total. The standard InChI is InChI=1S/C10H15FN2O2S/c1-3-6-12-8-4-5-9(11)10(7-8)13-16(2,14)15/h4-5,7,12-13H,3,6H2,1-2H3. The molecule has 6 heteroatoms. The summed E-state index contributed by atoms with van der Waals surface area (Å²) in [5.74, 6) is -0.590. The summed E-state index contributed by atoms with van der Waals surface area (Å²) in [6.07, 6.45) is 1.92. The van der Waals surface area contributed by atoms with Gasteiger partial charge >= 0.3 is 0 Å². The third-order valence-corrected chi connectivity index (χ3v) is 2.43. The summed E-state index contributed by atoms with van der Waals surface area (Å²) >= 11 is 0. The number of rotatable bonds is 5. The number of nitrogens with one attached hydrogen (secondary N) is 2. The molecule has 0 aliphatic carbocycles. The summed E-state index contributed by atoms with van der Waals surface area (Å²) < 4.78 is 37.4. The lowest BCUT2D eigenvalue weighted by Crippen LogP contribution is -2.11. The molecule has 0 aliphatic heterocycles. The second kappa shape index (κ2) is 5.16. The molecule has 0 bridgehead atoms. The molecular formula is C10H15FN2O2S. The Morgan fingerprint density at radius 2 is 2.06 bits per heavy atom. The van der Waals surface area contributed by atoms with Gasteiger partial charge in [0.25, 0.3) is 0 Å². The summed E-state index contributed by atoms with van der Waals surface area (Å²) in [4.78, 5) is 0. The van der Waals surface area contributed by atoms with Gasteiger partial charge in [0.2, 0.25) is 10.0 Å². The highest BCUT2D eigenvalue weighted by Gasteiger charge is 2.08. The Labute approximate surface area is 94.9 Å². The molecule has 0 atom stereocenters. The Bertz CT molecular complexity index is 460. The van der Waals surface area contributed by atoms with Gasteiger partial charge in [0.05, 0.1) is 11.9 Å². The third-order valence-electron chi connectivity index (χ3n) is 1.84. The third kappa shape index (κ3) is 4.06. The zero-order valence-corrected chi connectivity index (χ0v) is 10.1. The predicted molar refractivity (Wildman–Crippen MR) is 63.6 cm³/mol. The van der Waals surface area contributed by atoms with Crippen molar-refractivity contribution in [3.05, 3.63) is 24.0 Å². The van der Waals surface area contributed by atoms with Gasteiger partial charge in [0.1, 0.15) is 5.82 Å². The van der Waals surface area contributed by atoms with E-state index in [0.29, 0.717) is 5.69 Å². The van der Waals surface area contributed by atoms with Crippen LogP contribution in [-0.4, -0.2) is 21.2 Å². The first-order chi connectivity index (χ1) is 7.42. The van der Waals surface area contributed by atoms with Crippen molar-refractivity contribution < 1.29 is 12.8 Å².